The summed E-state index contributed by atoms with van der Waals surface area (Å²) in [6.45, 7) is 11.1. The minimum atomic E-state index is 0.668. The summed E-state index contributed by atoms with van der Waals surface area (Å²) in [5.74, 6) is 2.59. The number of guanidine groups is 1. The molecule has 0 bridgehead atoms. The molecule has 0 atom stereocenters. The standard InChI is InChI=1S/C23H38N4O3/c1-3-24-23(25-11-4-16-30-19-20-9-17-29-18-10-20)27-14-12-26(13-15-27)21-5-7-22(28-2)8-6-21/h5-8,20H,3-4,9-19H2,1-2H3,(H,24,25). The van der Waals surface area contributed by atoms with E-state index in [1.54, 1.807) is 7.11 Å². The van der Waals surface area contributed by atoms with Crippen LogP contribution in [0.5, 0.6) is 5.75 Å². The second-order valence-corrected chi connectivity index (χ2v) is 7.89. The molecule has 1 aromatic carbocycles. The van der Waals surface area contributed by atoms with Crippen molar-refractivity contribution in [1.82, 2.24) is 10.2 Å². The molecule has 1 N–H and O–H groups in total. The first-order valence-electron chi connectivity index (χ1n) is 11.4. The average Bonchev–Trinajstić information content (AvgIpc) is 2.81. The van der Waals surface area contributed by atoms with Gasteiger partial charge in [-0.3, -0.25) is 4.99 Å². The Morgan fingerprint density at radius 3 is 2.53 bits per heavy atom. The Balaban J connectivity index is 1.38. The van der Waals surface area contributed by atoms with Crippen molar-refractivity contribution in [3.63, 3.8) is 0 Å². The van der Waals surface area contributed by atoms with Crippen LogP contribution in [0.25, 0.3) is 0 Å². The van der Waals surface area contributed by atoms with E-state index in [4.69, 9.17) is 19.2 Å². The van der Waals surface area contributed by atoms with Crippen molar-refractivity contribution in [2.75, 3.05) is 77.7 Å². The summed E-state index contributed by atoms with van der Waals surface area (Å²) in [5.41, 5.74) is 1.25. The van der Waals surface area contributed by atoms with Crippen LogP contribution in [0.1, 0.15) is 26.2 Å². The van der Waals surface area contributed by atoms with Gasteiger partial charge in [0.15, 0.2) is 5.96 Å². The molecule has 2 aliphatic rings. The van der Waals surface area contributed by atoms with Crippen LogP contribution in [0.3, 0.4) is 0 Å². The van der Waals surface area contributed by atoms with E-state index in [9.17, 15) is 0 Å². The highest BCUT2D eigenvalue weighted by molar-refractivity contribution is 5.80. The second-order valence-electron chi connectivity index (χ2n) is 7.89. The number of aliphatic imine (C=N–C) groups is 1. The van der Waals surface area contributed by atoms with E-state index in [0.29, 0.717) is 5.92 Å². The predicted molar refractivity (Wildman–Crippen MR) is 122 cm³/mol. The Hall–Kier alpha value is -1.99. The molecule has 0 unspecified atom stereocenters. The van der Waals surface area contributed by atoms with Crippen molar-refractivity contribution >= 4 is 11.6 Å². The van der Waals surface area contributed by atoms with Crippen LogP contribution < -0.4 is 15.0 Å². The van der Waals surface area contributed by atoms with Gasteiger partial charge in [0.05, 0.1) is 7.11 Å². The Labute approximate surface area is 181 Å². The number of nitrogens with zero attached hydrogens (tertiary/aromatic N) is 3. The van der Waals surface area contributed by atoms with Crippen molar-refractivity contribution < 1.29 is 14.2 Å². The van der Waals surface area contributed by atoms with E-state index in [0.717, 1.165) is 96.7 Å². The van der Waals surface area contributed by atoms with Crippen molar-refractivity contribution in [3.05, 3.63) is 24.3 Å². The fourth-order valence-corrected chi connectivity index (χ4v) is 3.91. The zero-order valence-corrected chi connectivity index (χ0v) is 18.6. The molecule has 0 aromatic heterocycles. The molecule has 2 fully saturated rings. The molecule has 30 heavy (non-hydrogen) atoms. The van der Waals surface area contributed by atoms with Gasteiger partial charge in [-0.1, -0.05) is 0 Å². The number of methoxy groups -OCH3 is 1. The second kappa shape index (κ2) is 12.6. The summed E-state index contributed by atoms with van der Waals surface area (Å²) >= 11 is 0. The number of hydrogen-bond donors (Lipinski definition) is 1. The molecule has 2 heterocycles. The van der Waals surface area contributed by atoms with Gasteiger partial charge in [0.2, 0.25) is 0 Å². The number of nitrogens with one attached hydrogen (secondary N) is 1. The highest BCUT2D eigenvalue weighted by Crippen LogP contribution is 2.20. The van der Waals surface area contributed by atoms with Gasteiger partial charge < -0.3 is 29.3 Å². The van der Waals surface area contributed by atoms with E-state index in [1.807, 2.05) is 12.1 Å². The molecule has 0 saturated carbocycles. The molecule has 2 saturated heterocycles. The van der Waals surface area contributed by atoms with Gasteiger partial charge in [0, 0.05) is 71.4 Å². The summed E-state index contributed by atoms with van der Waals surface area (Å²) in [5, 5.41) is 3.45. The van der Waals surface area contributed by atoms with Crippen LogP contribution >= 0.6 is 0 Å². The number of benzene rings is 1. The lowest BCUT2D eigenvalue weighted by Crippen LogP contribution is -2.52. The third kappa shape index (κ3) is 7.06. The summed E-state index contributed by atoms with van der Waals surface area (Å²) < 4.78 is 16.5. The van der Waals surface area contributed by atoms with E-state index < -0.39 is 0 Å². The van der Waals surface area contributed by atoms with Crippen LogP contribution in [-0.4, -0.2) is 83.7 Å². The SMILES string of the molecule is CCNC(=NCCCOCC1CCOCC1)N1CCN(c2ccc(OC)cc2)CC1. The number of ether oxygens (including phenoxy) is 3. The summed E-state index contributed by atoms with van der Waals surface area (Å²) in [4.78, 5) is 9.63. The minimum absolute atomic E-state index is 0.668. The van der Waals surface area contributed by atoms with Crippen LogP contribution in [0, 0.1) is 5.92 Å². The third-order valence-corrected chi connectivity index (χ3v) is 5.75. The highest BCUT2D eigenvalue weighted by Gasteiger charge is 2.20. The number of anilines is 1. The van der Waals surface area contributed by atoms with Crippen molar-refractivity contribution in [3.8, 4) is 5.75 Å². The Kier molecular flexibility index (Phi) is 9.57. The molecule has 1 aromatic rings. The van der Waals surface area contributed by atoms with E-state index >= 15 is 0 Å². The maximum atomic E-state index is 5.87. The van der Waals surface area contributed by atoms with Gasteiger partial charge in [0.1, 0.15) is 5.75 Å². The minimum Gasteiger partial charge on any atom is -0.497 e. The van der Waals surface area contributed by atoms with E-state index in [1.165, 1.54) is 5.69 Å². The van der Waals surface area contributed by atoms with Crippen molar-refractivity contribution in [2.45, 2.75) is 26.2 Å². The largest absolute Gasteiger partial charge is 0.497 e. The lowest BCUT2D eigenvalue weighted by molar-refractivity contribution is 0.0205. The maximum Gasteiger partial charge on any atom is 0.194 e. The van der Waals surface area contributed by atoms with Gasteiger partial charge in [0.25, 0.3) is 0 Å². The molecule has 2 aliphatic heterocycles. The zero-order chi connectivity index (χ0) is 21.0. The lowest BCUT2D eigenvalue weighted by atomic mass is 10.0. The molecule has 7 nitrogen and oxygen atoms in total. The normalized spacial score (nSPS) is 18.5. The average molecular weight is 419 g/mol. The molecule has 168 valence electrons. The fourth-order valence-electron chi connectivity index (χ4n) is 3.91. The van der Waals surface area contributed by atoms with Gasteiger partial charge in [-0.2, -0.15) is 0 Å². The molecule has 0 spiro atoms. The first-order valence-corrected chi connectivity index (χ1v) is 11.4. The maximum absolute atomic E-state index is 5.87. The Bertz CT molecular complexity index is 624. The van der Waals surface area contributed by atoms with Crippen LogP contribution in [-0.2, 0) is 9.47 Å². The first-order chi connectivity index (χ1) is 14.8. The van der Waals surface area contributed by atoms with Gasteiger partial charge >= 0.3 is 0 Å². The van der Waals surface area contributed by atoms with Gasteiger partial charge in [-0.05, 0) is 56.4 Å². The van der Waals surface area contributed by atoms with E-state index in [-0.39, 0.29) is 0 Å². The quantitative estimate of drug-likeness (QED) is 0.378. The first kappa shape index (κ1) is 22.7. The van der Waals surface area contributed by atoms with Crippen molar-refractivity contribution in [2.24, 2.45) is 10.9 Å². The lowest BCUT2D eigenvalue weighted by Gasteiger charge is -2.37. The molecule has 0 aliphatic carbocycles. The fraction of sp³-hybridized carbons (Fsp3) is 0.696. The molecule has 0 amide bonds. The van der Waals surface area contributed by atoms with Gasteiger partial charge in [-0.15, -0.1) is 0 Å². The number of hydrogen-bond acceptors (Lipinski definition) is 5. The Morgan fingerprint density at radius 2 is 1.87 bits per heavy atom. The van der Waals surface area contributed by atoms with Crippen LogP contribution in [0.15, 0.2) is 29.3 Å². The molecule has 3 rings (SSSR count). The molecule has 7 heteroatoms. The number of rotatable bonds is 9. The zero-order valence-electron chi connectivity index (χ0n) is 18.6. The summed E-state index contributed by atoms with van der Waals surface area (Å²) in [6.07, 6.45) is 3.22. The topological polar surface area (TPSA) is 58.6 Å². The monoisotopic (exact) mass is 418 g/mol. The summed E-state index contributed by atoms with van der Waals surface area (Å²) in [7, 11) is 1.70. The molecular formula is C23H38N4O3. The van der Waals surface area contributed by atoms with Gasteiger partial charge in [-0.25, -0.2) is 0 Å². The predicted octanol–water partition coefficient (Wildman–Crippen LogP) is 2.62. The third-order valence-electron chi connectivity index (χ3n) is 5.75. The van der Waals surface area contributed by atoms with Crippen LogP contribution in [0.4, 0.5) is 5.69 Å². The molecule has 0 radical (unpaired) electrons. The molecular weight excluding hydrogens is 380 g/mol. The van der Waals surface area contributed by atoms with Crippen molar-refractivity contribution in [1.29, 1.82) is 0 Å². The van der Waals surface area contributed by atoms with E-state index in [2.05, 4.69) is 34.2 Å². The smallest absolute Gasteiger partial charge is 0.194 e. The number of piperazine rings is 1. The highest BCUT2D eigenvalue weighted by atomic mass is 16.5. The van der Waals surface area contributed by atoms with Crippen LogP contribution in [0.2, 0.25) is 0 Å². The summed E-state index contributed by atoms with van der Waals surface area (Å²) in [6, 6.07) is 8.32. The Morgan fingerprint density at radius 1 is 1.13 bits per heavy atom.